The van der Waals surface area contributed by atoms with Crippen molar-refractivity contribution in [2.75, 3.05) is 13.7 Å². The van der Waals surface area contributed by atoms with Crippen LogP contribution in [0.1, 0.15) is 48.9 Å². The van der Waals surface area contributed by atoms with E-state index in [-0.39, 0.29) is 0 Å². The molecule has 1 aliphatic rings. The van der Waals surface area contributed by atoms with Gasteiger partial charge in [-0.1, -0.05) is 32.1 Å². The summed E-state index contributed by atoms with van der Waals surface area (Å²) in [6.07, 6.45) is 10.8. The summed E-state index contributed by atoms with van der Waals surface area (Å²) < 4.78 is 10.4. The number of carbonyl (C=O) groups excluding carboxylic acids is 1. The normalized spacial score (nSPS) is 16.1. The van der Waals surface area contributed by atoms with Crippen molar-refractivity contribution in [3.63, 3.8) is 0 Å². The summed E-state index contributed by atoms with van der Waals surface area (Å²) in [5.74, 6) is 0.940. The standard InChI is InChI=1S/C15H21NO3/c1-18-15(17)13-11-16-9-7-14(13)19-10-8-12-5-3-2-4-6-12/h7,9,11-12H,2-6,8,10H2,1H3. The van der Waals surface area contributed by atoms with E-state index in [9.17, 15) is 4.79 Å². The topological polar surface area (TPSA) is 48.4 Å². The van der Waals surface area contributed by atoms with Crippen molar-refractivity contribution in [2.24, 2.45) is 5.92 Å². The molecular weight excluding hydrogens is 242 g/mol. The Labute approximate surface area is 114 Å². The van der Waals surface area contributed by atoms with Crippen molar-refractivity contribution in [2.45, 2.75) is 38.5 Å². The second-order valence-corrected chi connectivity index (χ2v) is 5.00. The molecule has 0 radical (unpaired) electrons. The van der Waals surface area contributed by atoms with Gasteiger partial charge in [0.2, 0.25) is 0 Å². The summed E-state index contributed by atoms with van der Waals surface area (Å²) in [6, 6.07) is 1.72. The van der Waals surface area contributed by atoms with Crippen LogP contribution in [0.5, 0.6) is 5.75 Å². The smallest absolute Gasteiger partial charge is 0.343 e. The summed E-state index contributed by atoms with van der Waals surface area (Å²) in [4.78, 5) is 15.5. The lowest BCUT2D eigenvalue weighted by atomic mass is 9.87. The van der Waals surface area contributed by atoms with E-state index < -0.39 is 5.97 Å². The van der Waals surface area contributed by atoms with Gasteiger partial charge >= 0.3 is 5.97 Å². The molecular formula is C15H21NO3. The SMILES string of the molecule is COC(=O)c1cnccc1OCCC1CCCCC1. The molecule has 1 aromatic heterocycles. The van der Waals surface area contributed by atoms with Gasteiger partial charge < -0.3 is 9.47 Å². The quantitative estimate of drug-likeness (QED) is 0.765. The van der Waals surface area contributed by atoms with Gasteiger partial charge in [0, 0.05) is 12.4 Å². The van der Waals surface area contributed by atoms with Gasteiger partial charge in [-0.2, -0.15) is 0 Å². The van der Waals surface area contributed by atoms with E-state index in [4.69, 9.17) is 9.47 Å². The van der Waals surface area contributed by atoms with Gasteiger partial charge in [0.05, 0.1) is 13.7 Å². The number of hydrogen-bond donors (Lipinski definition) is 0. The number of aromatic nitrogens is 1. The highest BCUT2D eigenvalue weighted by Gasteiger charge is 2.15. The van der Waals surface area contributed by atoms with Crippen LogP contribution in [-0.2, 0) is 4.74 Å². The summed E-state index contributed by atoms with van der Waals surface area (Å²) >= 11 is 0. The molecule has 0 amide bonds. The van der Waals surface area contributed by atoms with E-state index in [1.165, 1.54) is 45.4 Å². The fraction of sp³-hybridized carbons (Fsp3) is 0.600. The third-order valence-corrected chi connectivity index (χ3v) is 3.69. The van der Waals surface area contributed by atoms with Crippen LogP contribution in [0.4, 0.5) is 0 Å². The minimum atomic E-state index is -0.402. The van der Waals surface area contributed by atoms with Gasteiger partial charge in [0.15, 0.2) is 0 Å². The fourth-order valence-corrected chi connectivity index (χ4v) is 2.58. The van der Waals surface area contributed by atoms with E-state index >= 15 is 0 Å². The second kappa shape index (κ2) is 7.12. The maximum atomic E-state index is 11.6. The van der Waals surface area contributed by atoms with Crippen LogP contribution in [-0.4, -0.2) is 24.7 Å². The summed E-state index contributed by atoms with van der Waals surface area (Å²) in [7, 11) is 1.36. The number of rotatable bonds is 5. The van der Waals surface area contributed by atoms with Crippen molar-refractivity contribution >= 4 is 5.97 Å². The van der Waals surface area contributed by atoms with E-state index in [1.54, 1.807) is 12.3 Å². The average Bonchev–Trinajstić information content (AvgIpc) is 2.48. The number of pyridine rings is 1. The molecule has 0 spiro atoms. The number of hydrogen-bond acceptors (Lipinski definition) is 4. The minimum absolute atomic E-state index is 0.397. The van der Waals surface area contributed by atoms with Gasteiger partial charge in [-0.15, -0.1) is 0 Å². The Hall–Kier alpha value is -1.58. The zero-order valence-corrected chi connectivity index (χ0v) is 11.4. The van der Waals surface area contributed by atoms with Gasteiger partial charge in [0.25, 0.3) is 0 Å². The van der Waals surface area contributed by atoms with Crippen molar-refractivity contribution in [1.82, 2.24) is 4.98 Å². The van der Waals surface area contributed by atoms with E-state index in [0.29, 0.717) is 17.9 Å². The summed E-state index contributed by atoms with van der Waals surface area (Å²) in [5, 5.41) is 0. The fourth-order valence-electron chi connectivity index (χ4n) is 2.58. The van der Waals surface area contributed by atoms with Crippen molar-refractivity contribution in [1.29, 1.82) is 0 Å². The highest BCUT2D eigenvalue weighted by atomic mass is 16.5. The van der Waals surface area contributed by atoms with E-state index in [1.807, 2.05) is 0 Å². The van der Waals surface area contributed by atoms with Crippen LogP contribution in [0, 0.1) is 5.92 Å². The number of ether oxygens (including phenoxy) is 2. The monoisotopic (exact) mass is 263 g/mol. The second-order valence-electron chi connectivity index (χ2n) is 5.00. The lowest BCUT2D eigenvalue weighted by molar-refractivity contribution is 0.0595. The maximum Gasteiger partial charge on any atom is 0.343 e. The molecule has 2 rings (SSSR count). The lowest BCUT2D eigenvalue weighted by Crippen LogP contribution is -2.12. The molecule has 1 saturated carbocycles. The van der Waals surface area contributed by atoms with Gasteiger partial charge in [0.1, 0.15) is 11.3 Å². The van der Waals surface area contributed by atoms with Gasteiger partial charge in [-0.3, -0.25) is 4.98 Å². The first-order valence-corrected chi connectivity index (χ1v) is 6.96. The zero-order valence-electron chi connectivity index (χ0n) is 11.4. The molecule has 0 bridgehead atoms. The Morgan fingerprint density at radius 2 is 2.16 bits per heavy atom. The maximum absolute atomic E-state index is 11.6. The Morgan fingerprint density at radius 1 is 1.37 bits per heavy atom. The van der Waals surface area contributed by atoms with Gasteiger partial charge in [-0.05, 0) is 18.4 Å². The van der Waals surface area contributed by atoms with Crippen molar-refractivity contribution < 1.29 is 14.3 Å². The van der Waals surface area contributed by atoms with Crippen LogP contribution in [0.3, 0.4) is 0 Å². The number of esters is 1. The van der Waals surface area contributed by atoms with E-state index in [2.05, 4.69) is 4.98 Å². The van der Waals surface area contributed by atoms with Crippen LogP contribution < -0.4 is 4.74 Å². The third kappa shape index (κ3) is 3.94. The third-order valence-electron chi connectivity index (χ3n) is 3.69. The molecule has 19 heavy (non-hydrogen) atoms. The molecule has 1 aromatic rings. The number of carbonyl (C=O) groups is 1. The highest BCUT2D eigenvalue weighted by Crippen LogP contribution is 2.26. The molecule has 0 aliphatic heterocycles. The Kier molecular flexibility index (Phi) is 5.19. The zero-order chi connectivity index (χ0) is 13.5. The van der Waals surface area contributed by atoms with Gasteiger partial charge in [-0.25, -0.2) is 4.79 Å². The van der Waals surface area contributed by atoms with Crippen LogP contribution in [0.2, 0.25) is 0 Å². The minimum Gasteiger partial charge on any atom is -0.493 e. The first kappa shape index (κ1) is 13.8. The van der Waals surface area contributed by atoms with Crippen LogP contribution in [0.15, 0.2) is 18.5 Å². The summed E-state index contributed by atoms with van der Waals surface area (Å²) in [5.41, 5.74) is 0.397. The molecule has 0 unspecified atom stereocenters. The Balaban J connectivity index is 1.86. The largest absolute Gasteiger partial charge is 0.493 e. The lowest BCUT2D eigenvalue weighted by Gasteiger charge is -2.21. The molecule has 1 aliphatic carbocycles. The molecule has 0 atom stereocenters. The molecule has 0 N–H and O–H groups in total. The molecule has 1 heterocycles. The predicted molar refractivity (Wildman–Crippen MR) is 72.3 cm³/mol. The van der Waals surface area contributed by atoms with E-state index in [0.717, 1.165) is 12.3 Å². The molecule has 104 valence electrons. The summed E-state index contributed by atoms with van der Waals surface area (Å²) in [6.45, 7) is 0.651. The Bertz CT molecular complexity index is 414. The molecule has 4 nitrogen and oxygen atoms in total. The van der Waals surface area contributed by atoms with Crippen LogP contribution >= 0.6 is 0 Å². The van der Waals surface area contributed by atoms with Crippen molar-refractivity contribution in [3.05, 3.63) is 24.0 Å². The average molecular weight is 263 g/mol. The molecule has 4 heteroatoms. The van der Waals surface area contributed by atoms with Crippen LogP contribution in [0.25, 0.3) is 0 Å². The first-order valence-electron chi connectivity index (χ1n) is 6.96. The molecule has 1 fully saturated rings. The first-order chi connectivity index (χ1) is 9.31. The number of nitrogens with zero attached hydrogens (tertiary/aromatic N) is 1. The Morgan fingerprint density at radius 3 is 2.89 bits per heavy atom. The molecule has 0 saturated heterocycles. The van der Waals surface area contributed by atoms with Crippen molar-refractivity contribution in [3.8, 4) is 5.75 Å². The number of methoxy groups -OCH3 is 1. The highest BCUT2D eigenvalue weighted by molar-refractivity contribution is 5.91. The molecule has 0 aromatic carbocycles. The predicted octanol–water partition coefficient (Wildman–Crippen LogP) is 3.22.